The van der Waals surface area contributed by atoms with Gasteiger partial charge in [-0.2, -0.15) is 0 Å². The van der Waals surface area contributed by atoms with Gasteiger partial charge >= 0.3 is 6.03 Å². The van der Waals surface area contributed by atoms with Crippen LogP contribution in [0.1, 0.15) is 28.4 Å². The molecule has 2 aromatic rings. The number of hydrogen-bond donors (Lipinski definition) is 2. The van der Waals surface area contributed by atoms with Crippen molar-refractivity contribution < 1.29 is 28.0 Å². The van der Waals surface area contributed by atoms with Crippen molar-refractivity contribution in [2.45, 2.75) is 18.9 Å². The van der Waals surface area contributed by atoms with E-state index < -0.39 is 41.4 Å². The molecule has 0 spiro atoms. The fourth-order valence-corrected chi connectivity index (χ4v) is 3.54. The molecule has 4 rings (SSSR count). The van der Waals surface area contributed by atoms with E-state index in [9.17, 15) is 28.0 Å². The fourth-order valence-electron chi connectivity index (χ4n) is 3.54. The minimum absolute atomic E-state index is 0.135. The van der Waals surface area contributed by atoms with Crippen molar-refractivity contribution in [1.29, 1.82) is 0 Å². The molecule has 2 aliphatic rings. The van der Waals surface area contributed by atoms with Crippen molar-refractivity contribution >= 4 is 29.3 Å². The van der Waals surface area contributed by atoms with Crippen LogP contribution in [0.5, 0.6) is 0 Å². The summed E-state index contributed by atoms with van der Waals surface area (Å²) in [6.07, 6.45) is 0.135. The molecule has 148 valence electrons. The molecule has 2 aromatic carbocycles. The highest BCUT2D eigenvalue weighted by Crippen LogP contribution is 2.31. The number of nitrogens with zero attached hydrogens (tertiary/aromatic N) is 1. The highest BCUT2D eigenvalue weighted by Gasteiger charge is 2.50. The highest BCUT2D eigenvalue weighted by atomic mass is 19.1. The summed E-state index contributed by atoms with van der Waals surface area (Å²) in [5.41, 5.74) is -0.683. The fraction of sp³-hybridized carbons (Fsp3) is 0.200. The number of hydrogen-bond acceptors (Lipinski definition) is 4. The van der Waals surface area contributed by atoms with E-state index in [2.05, 4.69) is 10.6 Å². The molecule has 2 N–H and O–H groups in total. The Morgan fingerprint density at radius 2 is 1.90 bits per heavy atom. The first-order valence-electron chi connectivity index (χ1n) is 8.74. The van der Waals surface area contributed by atoms with Crippen LogP contribution in [0.25, 0.3) is 0 Å². The summed E-state index contributed by atoms with van der Waals surface area (Å²) >= 11 is 0. The molecule has 0 unspecified atom stereocenters. The smallest absolute Gasteiger partial charge is 0.325 e. The first kappa shape index (κ1) is 18.7. The second-order valence-electron chi connectivity index (χ2n) is 7.09. The number of Topliss-reactive ketones (excluding diaryl/α,β-unsaturated/α-hetero) is 1. The van der Waals surface area contributed by atoms with Crippen LogP contribution in [-0.2, 0) is 21.5 Å². The van der Waals surface area contributed by atoms with Gasteiger partial charge < -0.3 is 10.6 Å². The van der Waals surface area contributed by atoms with Crippen LogP contribution in [0.4, 0.5) is 19.3 Å². The molecule has 1 saturated heterocycles. The first-order chi connectivity index (χ1) is 13.7. The number of rotatable bonds is 4. The molecule has 2 heterocycles. The van der Waals surface area contributed by atoms with E-state index in [4.69, 9.17) is 0 Å². The number of anilines is 1. The van der Waals surface area contributed by atoms with E-state index >= 15 is 0 Å². The van der Waals surface area contributed by atoms with Crippen LogP contribution < -0.4 is 10.6 Å². The lowest BCUT2D eigenvalue weighted by atomic mass is 9.91. The number of ketones is 1. The maximum atomic E-state index is 14.2. The lowest BCUT2D eigenvalue weighted by Gasteiger charge is -2.22. The van der Waals surface area contributed by atoms with Gasteiger partial charge in [0.2, 0.25) is 5.91 Å². The average molecular weight is 399 g/mol. The number of carbonyl (C=O) groups excluding carboxylic acids is 4. The Bertz CT molecular complexity index is 1100. The predicted octanol–water partition coefficient (Wildman–Crippen LogP) is 2.11. The van der Waals surface area contributed by atoms with Crippen LogP contribution in [0, 0.1) is 11.6 Å². The van der Waals surface area contributed by atoms with Crippen LogP contribution in [0.3, 0.4) is 0 Å². The van der Waals surface area contributed by atoms with Gasteiger partial charge in [0, 0.05) is 16.8 Å². The monoisotopic (exact) mass is 399 g/mol. The zero-order valence-corrected chi connectivity index (χ0v) is 15.2. The Morgan fingerprint density at radius 1 is 1.14 bits per heavy atom. The van der Waals surface area contributed by atoms with Crippen molar-refractivity contribution in [3.8, 4) is 0 Å². The van der Waals surface area contributed by atoms with E-state index in [1.807, 2.05) is 0 Å². The molecule has 4 amide bonds. The van der Waals surface area contributed by atoms with Gasteiger partial charge in [-0.15, -0.1) is 0 Å². The van der Waals surface area contributed by atoms with E-state index in [-0.39, 0.29) is 23.5 Å². The SMILES string of the molecule is C[C@@]1(c2cc(F)ccc2F)NC(=O)N(CC(=O)c2ccc3c(c2)CC(=O)N3)C1=O. The van der Waals surface area contributed by atoms with Gasteiger partial charge in [0.15, 0.2) is 5.78 Å². The van der Waals surface area contributed by atoms with Gasteiger partial charge in [0.25, 0.3) is 5.91 Å². The predicted molar refractivity (Wildman–Crippen MR) is 97.1 cm³/mol. The van der Waals surface area contributed by atoms with Crippen LogP contribution >= 0.6 is 0 Å². The molecular weight excluding hydrogens is 384 g/mol. The topological polar surface area (TPSA) is 95.6 Å². The van der Waals surface area contributed by atoms with Crippen molar-refractivity contribution in [2.24, 2.45) is 0 Å². The van der Waals surface area contributed by atoms with E-state index in [1.54, 1.807) is 6.07 Å². The Kier molecular flexibility index (Phi) is 4.18. The van der Waals surface area contributed by atoms with Crippen LogP contribution in [0.15, 0.2) is 36.4 Å². The third-order valence-electron chi connectivity index (χ3n) is 5.10. The Morgan fingerprint density at radius 3 is 2.66 bits per heavy atom. The first-order valence-corrected chi connectivity index (χ1v) is 8.74. The molecule has 0 radical (unpaired) electrons. The summed E-state index contributed by atoms with van der Waals surface area (Å²) in [6, 6.07) is 6.30. The number of nitrogens with one attached hydrogen (secondary N) is 2. The normalized spacial score (nSPS) is 20.5. The molecule has 0 saturated carbocycles. The van der Waals surface area contributed by atoms with E-state index in [0.717, 1.165) is 18.2 Å². The molecule has 0 aliphatic carbocycles. The average Bonchev–Trinajstić information content (AvgIpc) is 3.14. The van der Waals surface area contributed by atoms with Gasteiger partial charge in [0.1, 0.15) is 17.2 Å². The molecule has 7 nitrogen and oxygen atoms in total. The van der Waals surface area contributed by atoms with Gasteiger partial charge in [-0.05, 0) is 48.9 Å². The maximum absolute atomic E-state index is 14.2. The van der Waals surface area contributed by atoms with Gasteiger partial charge in [0.05, 0.1) is 13.0 Å². The lowest BCUT2D eigenvalue weighted by Crippen LogP contribution is -2.42. The van der Waals surface area contributed by atoms with Crippen LogP contribution in [-0.4, -0.2) is 35.1 Å². The minimum atomic E-state index is -1.84. The molecule has 0 aromatic heterocycles. The highest BCUT2D eigenvalue weighted by molar-refractivity contribution is 6.11. The number of halogens is 2. The van der Waals surface area contributed by atoms with E-state index in [1.165, 1.54) is 19.1 Å². The number of urea groups is 1. The lowest BCUT2D eigenvalue weighted by molar-refractivity contribution is -0.130. The molecule has 9 heteroatoms. The number of amides is 4. The zero-order valence-electron chi connectivity index (χ0n) is 15.2. The summed E-state index contributed by atoms with van der Waals surface area (Å²) in [5, 5.41) is 4.99. The third kappa shape index (κ3) is 3.04. The largest absolute Gasteiger partial charge is 0.326 e. The standard InChI is InChI=1S/C20H15F2N3O4/c1-20(13-8-12(21)3-4-14(13)22)18(28)25(19(29)24-20)9-16(26)10-2-5-15-11(6-10)7-17(27)23-15/h2-6,8H,7,9H2,1H3,(H,23,27)(H,24,29)/t20-/m0/s1. The van der Waals surface area contributed by atoms with Gasteiger partial charge in [-0.25, -0.2) is 13.6 Å². The van der Waals surface area contributed by atoms with Crippen molar-refractivity contribution in [3.05, 3.63) is 64.7 Å². The molecule has 0 bridgehead atoms. The molecule has 2 aliphatic heterocycles. The van der Waals surface area contributed by atoms with Crippen molar-refractivity contribution in [3.63, 3.8) is 0 Å². The van der Waals surface area contributed by atoms with Crippen LogP contribution in [0.2, 0.25) is 0 Å². The second kappa shape index (κ2) is 6.47. The molecular formula is C20H15F2N3O4. The number of benzene rings is 2. The van der Waals surface area contributed by atoms with E-state index in [0.29, 0.717) is 16.2 Å². The number of fused-ring (bicyclic) bond motifs is 1. The Labute approximate surface area is 163 Å². The number of carbonyl (C=O) groups is 4. The Balaban J connectivity index is 1.58. The van der Waals surface area contributed by atoms with Gasteiger partial charge in [-0.1, -0.05) is 0 Å². The Hall–Kier alpha value is -3.62. The van der Waals surface area contributed by atoms with Crippen molar-refractivity contribution in [1.82, 2.24) is 10.2 Å². The summed E-state index contributed by atoms with van der Waals surface area (Å²) in [6.45, 7) is 0.680. The molecule has 29 heavy (non-hydrogen) atoms. The van der Waals surface area contributed by atoms with Crippen molar-refractivity contribution in [2.75, 3.05) is 11.9 Å². The quantitative estimate of drug-likeness (QED) is 0.608. The zero-order chi connectivity index (χ0) is 20.9. The summed E-state index contributed by atoms with van der Waals surface area (Å²) in [4.78, 5) is 49.9. The molecule has 1 fully saturated rings. The summed E-state index contributed by atoms with van der Waals surface area (Å²) < 4.78 is 27.8. The summed E-state index contributed by atoms with van der Waals surface area (Å²) in [7, 11) is 0. The number of imide groups is 1. The minimum Gasteiger partial charge on any atom is -0.326 e. The maximum Gasteiger partial charge on any atom is 0.325 e. The second-order valence-corrected chi connectivity index (χ2v) is 7.09. The third-order valence-corrected chi connectivity index (χ3v) is 5.10. The van der Waals surface area contributed by atoms with Gasteiger partial charge in [-0.3, -0.25) is 19.3 Å². The molecule has 1 atom stereocenters. The summed E-state index contributed by atoms with van der Waals surface area (Å²) in [5.74, 6) is -3.20.